The van der Waals surface area contributed by atoms with Crippen molar-refractivity contribution in [3.8, 4) is 0 Å². The number of aliphatic imine (C=N–C) groups is 1. The summed E-state index contributed by atoms with van der Waals surface area (Å²) in [6, 6.07) is 17.8. The predicted molar refractivity (Wildman–Crippen MR) is 87.0 cm³/mol. The Morgan fingerprint density at radius 1 is 1.10 bits per heavy atom. The second-order valence-corrected chi connectivity index (χ2v) is 5.10. The number of rotatable bonds is 3. The fourth-order valence-corrected chi connectivity index (χ4v) is 2.27. The van der Waals surface area contributed by atoms with Gasteiger partial charge in [-0.3, -0.25) is 9.79 Å². The Labute approximate surface area is 123 Å². The third-order valence-corrected chi connectivity index (χ3v) is 3.38. The molecule has 1 aromatic heterocycles. The van der Waals surface area contributed by atoms with Crippen molar-refractivity contribution in [2.45, 2.75) is 13.5 Å². The van der Waals surface area contributed by atoms with Gasteiger partial charge in [-0.15, -0.1) is 0 Å². The number of aromatic nitrogens is 1. The number of fused-ring (bicyclic) bond motifs is 1. The van der Waals surface area contributed by atoms with E-state index in [1.807, 2.05) is 55.5 Å². The third kappa shape index (κ3) is 3.08. The highest BCUT2D eigenvalue weighted by atomic mass is 16.1. The fraction of sp³-hybridized carbons (Fsp3) is 0.111. The van der Waals surface area contributed by atoms with Crippen molar-refractivity contribution in [1.82, 2.24) is 4.98 Å². The highest BCUT2D eigenvalue weighted by Crippen LogP contribution is 2.12. The molecule has 3 heteroatoms. The van der Waals surface area contributed by atoms with E-state index in [0.717, 1.165) is 16.5 Å². The lowest BCUT2D eigenvalue weighted by Crippen LogP contribution is -2.11. The SMILES string of the molecule is Cc1ccc2[nH]c(=O)c(C=NCc3ccccc3)cc2c1. The number of pyridine rings is 1. The molecular formula is C18H16N2O. The number of H-pyrrole nitrogens is 1. The zero-order chi connectivity index (χ0) is 14.7. The average Bonchev–Trinajstić information content (AvgIpc) is 2.49. The molecule has 0 aliphatic rings. The number of aromatic amines is 1. The third-order valence-electron chi connectivity index (χ3n) is 3.38. The van der Waals surface area contributed by atoms with Crippen LogP contribution in [-0.2, 0) is 6.54 Å². The van der Waals surface area contributed by atoms with Gasteiger partial charge in [-0.1, -0.05) is 42.0 Å². The molecule has 3 nitrogen and oxygen atoms in total. The molecule has 0 aliphatic carbocycles. The van der Waals surface area contributed by atoms with E-state index in [-0.39, 0.29) is 5.56 Å². The van der Waals surface area contributed by atoms with Crippen LogP contribution in [0.25, 0.3) is 10.9 Å². The van der Waals surface area contributed by atoms with Crippen LogP contribution in [0.3, 0.4) is 0 Å². The largest absolute Gasteiger partial charge is 0.321 e. The van der Waals surface area contributed by atoms with E-state index in [1.54, 1.807) is 6.21 Å². The van der Waals surface area contributed by atoms with Crippen LogP contribution in [0.2, 0.25) is 0 Å². The van der Waals surface area contributed by atoms with Crippen LogP contribution in [-0.4, -0.2) is 11.2 Å². The Balaban J connectivity index is 1.89. The van der Waals surface area contributed by atoms with E-state index < -0.39 is 0 Å². The first-order valence-corrected chi connectivity index (χ1v) is 6.90. The van der Waals surface area contributed by atoms with Crippen LogP contribution in [0.1, 0.15) is 16.7 Å². The molecule has 0 radical (unpaired) electrons. The molecule has 0 bridgehead atoms. The first-order chi connectivity index (χ1) is 10.2. The molecule has 0 fully saturated rings. The second-order valence-electron chi connectivity index (χ2n) is 5.10. The van der Waals surface area contributed by atoms with Crippen LogP contribution in [0.4, 0.5) is 0 Å². The smallest absolute Gasteiger partial charge is 0.257 e. The molecule has 0 spiro atoms. The molecule has 0 atom stereocenters. The van der Waals surface area contributed by atoms with Gasteiger partial charge in [0.15, 0.2) is 0 Å². The number of nitrogens with one attached hydrogen (secondary N) is 1. The summed E-state index contributed by atoms with van der Waals surface area (Å²) in [5.41, 5.74) is 3.63. The summed E-state index contributed by atoms with van der Waals surface area (Å²) in [4.78, 5) is 19.3. The van der Waals surface area contributed by atoms with Crippen LogP contribution < -0.4 is 5.56 Å². The molecule has 1 N–H and O–H groups in total. The van der Waals surface area contributed by atoms with Crippen LogP contribution in [0.5, 0.6) is 0 Å². The van der Waals surface area contributed by atoms with Crippen molar-refractivity contribution < 1.29 is 0 Å². The summed E-state index contributed by atoms with van der Waals surface area (Å²) in [7, 11) is 0. The van der Waals surface area contributed by atoms with Crippen molar-refractivity contribution in [3.05, 3.63) is 81.6 Å². The summed E-state index contributed by atoms with van der Waals surface area (Å²) in [6.45, 7) is 2.61. The molecule has 104 valence electrons. The van der Waals surface area contributed by atoms with Crippen molar-refractivity contribution in [1.29, 1.82) is 0 Å². The lowest BCUT2D eigenvalue weighted by molar-refractivity contribution is 1.08. The Kier molecular flexibility index (Phi) is 3.65. The van der Waals surface area contributed by atoms with Gasteiger partial charge in [0.1, 0.15) is 0 Å². The van der Waals surface area contributed by atoms with Crippen LogP contribution >= 0.6 is 0 Å². The van der Waals surface area contributed by atoms with E-state index in [9.17, 15) is 4.79 Å². The fourth-order valence-electron chi connectivity index (χ4n) is 2.27. The van der Waals surface area contributed by atoms with E-state index in [2.05, 4.69) is 16.0 Å². The summed E-state index contributed by atoms with van der Waals surface area (Å²) in [5.74, 6) is 0. The van der Waals surface area contributed by atoms with E-state index in [1.165, 1.54) is 5.56 Å². The molecule has 3 aromatic rings. The predicted octanol–water partition coefficient (Wildman–Crippen LogP) is 3.46. The molecule has 0 saturated heterocycles. The number of hydrogen-bond acceptors (Lipinski definition) is 2. The Bertz CT molecular complexity index is 848. The summed E-state index contributed by atoms with van der Waals surface area (Å²) in [5, 5.41) is 1.02. The minimum Gasteiger partial charge on any atom is -0.321 e. The molecule has 0 saturated carbocycles. The maximum atomic E-state index is 12.0. The zero-order valence-corrected chi connectivity index (χ0v) is 11.8. The number of nitrogens with zero attached hydrogens (tertiary/aromatic N) is 1. The first-order valence-electron chi connectivity index (χ1n) is 6.90. The summed E-state index contributed by atoms with van der Waals surface area (Å²) in [6.07, 6.45) is 1.65. The van der Waals surface area contributed by atoms with Gasteiger partial charge in [0.25, 0.3) is 5.56 Å². The van der Waals surface area contributed by atoms with Crippen molar-refractivity contribution in [2.24, 2.45) is 4.99 Å². The highest BCUT2D eigenvalue weighted by molar-refractivity contribution is 5.87. The standard InChI is InChI=1S/C18H16N2O/c1-13-7-8-17-15(9-13)10-16(18(21)20-17)12-19-11-14-5-3-2-4-6-14/h2-10,12H,11H2,1H3,(H,20,21). The van der Waals surface area contributed by atoms with Gasteiger partial charge in [-0.05, 0) is 36.1 Å². The minimum absolute atomic E-state index is 0.108. The van der Waals surface area contributed by atoms with Gasteiger partial charge in [0.2, 0.25) is 0 Å². The topological polar surface area (TPSA) is 45.2 Å². The van der Waals surface area contributed by atoms with E-state index in [4.69, 9.17) is 0 Å². The van der Waals surface area contributed by atoms with Crippen LogP contribution in [0, 0.1) is 6.92 Å². The lowest BCUT2D eigenvalue weighted by atomic mass is 10.1. The zero-order valence-electron chi connectivity index (χ0n) is 11.8. The van der Waals surface area contributed by atoms with Crippen molar-refractivity contribution in [3.63, 3.8) is 0 Å². The molecule has 2 aromatic carbocycles. The minimum atomic E-state index is -0.108. The Morgan fingerprint density at radius 3 is 2.71 bits per heavy atom. The quantitative estimate of drug-likeness (QED) is 0.732. The van der Waals surface area contributed by atoms with Gasteiger partial charge in [0, 0.05) is 11.7 Å². The molecule has 0 amide bonds. The number of benzene rings is 2. The Hall–Kier alpha value is -2.68. The van der Waals surface area contributed by atoms with Crippen LogP contribution in [0.15, 0.2) is 64.4 Å². The number of aryl methyl sites for hydroxylation is 1. The maximum absolute atomic E-state index is 12.0. The first kappa shape index (κ1) is 13.3. The Morgan fingerprint density at radius 2 is 1.90 bits per heavy atom. The van der Waals surface area contributed by atoms with Crippen molar-refractivity contribution >= 4 is 17.1 Å². The summed E-state index contributed by atoms with van der Waals surface area (Å²) >= 11 is 0. The van der Waals surface area contributed by atoms with E-state index in [0.29, 0.717) is 12.1 Å². The lowest BCUT2D eigenvalue weighted by Gasteiger charge is -2.01. The van der Waals surface area contributed by atoms with Gasteiger partial charge in [0.05, 0.1) is 12.1 Å². The molecular weight excluding hydrogens is 260 g/mol. The normalized spacial score (nSPS) is 11.3. The van der Waals surface area contributed by atoms with Gasteiger partial charge in [-0.2, -0.15) is 0 Å². The average molecular weight is 276 g/mol. The molecule has 3 rings (SSSR count). The molecule has 1 heterocycles. The van der Waals surface area contributed by atoms with Gasteiger partial charge >= 0.3 is 0 Å². The molecule has 21 heavy (non-hydrogen) atoms. The van der Waals surface area contributed by atoms with Gasteiger partial charge in [-0.25, -0.2) is 0 Å². The molecule has 0 aliphatic heterocycles. The monoisotopic (exact) mass is 276 g/mol. The maximum Gasteiger partial charge on any atom is 0.257 e. The second kappa shape index (κ2) is 5.75. The van der Waals surface area contributed by atoms with Gasteiger partial charge < -0.3 is 4.98 Å². The summed E-state index contributed by atoms with van der Waals surface area (Å²) < 4.78 is 0. The van der Waals surface area contributed by atoms with Crippen molar-refractivity contribution in [2.75, 3.05) is 0 Å². The van der Waals surface area contributed by atoms with E-state index >= 15 is 0 Å². The highest BCUT2D eigenvalue weighted by Gasteiger charge is 2.00. The number of hydrogen-bond donors (Lipinski definition) is 1. The molecule has 0 unspecified atom stereocenters.